The van der Waals surface area contributed by atoms with Gasteiger partial charge in [0.15, 0.2) is 0 Å². The molecule has 0 aliphatic heterocycles. The first kappa shape index (κ1) is 11.6. The summed E-state index contributed by atoms with van der Waals surface area (Å²) in [5.74, 6) is 0. The smallest absolute Gasteiger partial charge is 0.280 e. The number of rotatable bonds is 3. The highest BCUT2D eigenvalue weighted by Gasteiger charge is 2.36. The van der Waals surface area contributed by atoms with Gasteiger partial charge in [0, 0.05) is 12.2 Å². The molecular weight excluding hydrogens is 210 g/mol. The van der Waals surface area contributed by atoms with Crippen LogP contribution >= 0.6 is 0 Å². The van der Waals surface area contributed by atoms with Crippen molar-refractivity contribution in [2.45, 2.75) is 6.30 Å². The maximum atomic E-state index is 12.5. The molecule has 0 atom stereocenters. The van der Waals surface area contributed by atoms with E-state index in [1.54, 1.807) is 6.07 Å². The number of nitrogens with zero attached hydrogens (tertiary/aromatic N) is 1. The zero-order chi connectivity index (χ0) is 11.3. The van der Waals surface area contributed by atoms with Crippen molar-refractivity contribution in [3.63, 3.8) is 0 Å². The molecular formula is C10H9F4N. The van der Waals surface area contributed by atoms with E-state index in [1.165, 1.54) is 24.3 Å². The average molecular weight is 219 g/mol. The summed E-state index contributed by atoms with van der Waals surface area (Å²) in [6, 6.07) is 7.24. The minimum absolute atomic E-state index is 0.0110. The number of alkyl halides is 3. The number of halogens is 4. The summed E-state index contributed by atoms with van der Waals surface area (Å²) in [5.41, 5.74) is -0.0110. The van der Waals surface area contributed by atoms with Gasteiger partial charge in [-0.15, -0.1) is 0 Å². The van der Waals surface area contributed by atoms with Crippen LogP contribution in [0.1, 0.15) is 0 Å². The Morgan fingerprint density at radius 2 is 1.73 bits per heavy atom. The van der Waals surface area contributed by atoms with Gasteiger partial charge in [0.25, 0.3) is 0 Å². The second kappa shape index (κ2) is 4.82. The molecule has 1 nitrogen and oxygen atoms in total. The highest BCUT2D eigenvalue weighted by Crippen LogP contribution is 2.27. The van der Waals surface area contributed by atoms with Crippen molar-refractivity contribution in [3.05, 3.63) is 42.7 Å². The van der Waals surface area contributed by atoms with Crippen LogP contribution in [-0.4, -0.2) is 12.8 Å². The fourth-order valence-corrected chi connectivity index (χ4v) is 1.11. The number of para-hydroxylation sites is 1. The Labute approximate surface area is 84.6 Å². The highest BCUT2D eigenvalue weighted by molar-refractivity contribution is 5.47. The predicted molar refractivity (Wildman–Crippen MR) is 50.1 cm³/mol. The molecule has 82 valence electrons. The molecule has 0 radical (unpaired) electrons. The monoisotopic (exact) mass is 219 g/mol. The van der Waals surface area contributed by atoms with Gasteiger partial charge in [-0.25, -0.2) is 4.39 Å². The molecule has 15 heavy (non-hydrogen) atoms. The molecule has 0 N–H and O–H groups in total. The molecule has 0 unspecified atom stereocenters. The molecule has 0 saturated carbocycles. The van der Waals surface area contributed by atoms with E-state index in [9.17, 15) is 17.6 Å². The van der Waals surface area contributed by atoms with Gasteiger partial charge in [0.1, 0.15) is 0 Å². The standard InChI is InChI=1S/C10H9F4N/c11-7-4-8-15(10(12,13)14)9-5-2-1-3-6-9/h1-7H,8H2. The van der Waals surface area contributed by atoms with Crippen LogP contribution in [0.3, 0.4) is 0 Å². The van der Waals surface area contributed by atoms with Gasteiger partial charge in [-0.2, -0.15) is 13.2 Å². The molecule has 0 fully saturated rings. The zero-order valence-electron chi connectivity index (χ0n) is 7.71. The minimum Gasteiger partial charge on any atom is -0.280 e. The molecule has 1 aromatic rings. The summed E-state index contributed by atoms with van der Waals surface area (Å²) in [6.07, 6.45) is -3.61. The van der Waals surface area contributed by atoms with Crippen LogP contribution in [0.25, 0.3) is 0 Å². The molecule has 0 aromatic heterocycles. The zero-order valence-corrected chi connectivity index (χ0v) is 7.71. The van der Waals surface area contributed by atoms with Crippen molar-refractivity contribution >= 4 is 5.69 Å². The van der Waals surface area contributed by atoms with Crippen molar-refractivity contribution in [2.75, 3.05) is 11.4 Å². The Morgan fingerprint density at radius 3 is 2.20 bits per heavy atom. The first-order valence-corrected chi connectivity index (χ1v) is 4.20. The Morgan fingerprint density at radius 1 is 1.13 bits per heavy atom. The molecule has 0 aliphatic carbocycles. The summed E-state index contributed by atoms with van der Waals surface area (Å²) in [7, 11) is 0. The maximum Gasteiger partial charge on any atom is 0.485 e. The van der Waals surface area contributed by atoms with Gasteiger partial charge < -0.3 is 0 Å². The Bertz CT molecular complexity index is 318. The predicted octanol–water partition coefficient (Wildman–Crippen LogP) is 3.50. The summed E-state index contributed by atoms with van der Waals surface area (Å²) < 4.78 is 49.2. The van der Waals surface area contributed by atoms with Crippen LogP contribution in [0.4, 0.5) is 23.2 Å². The van der Waals surface area contributed by atoms with E-state index in [2.05, 4.69) is 0 Å². The Kier molecular flexibility index (Phi) is 3.71. The van der Waals surface area contributed by atoms with E-state index in [-0.39, 0.29) is 16.9 Å². The normalized spacial score (nSPS) is 12.0. The van der Waals surface area contributed by atoms with Crippen LogP contribution in [0.5, 0.6) is 0 Å². The van der Waals surface area contributed by atoms with Crippen LogP contribution in [-0.2, 0) is 0 Å². The lowest BCUT2D eigenvalue weighted by Crippen LogP contribution is -2.38. The lowest BCUT2D eigenvalue weighted by atomic mass is 10.3. The molecule has 1 aromatic carbocycles. The van der Waals surface area contributed by atoms with Gasteiger partial charge in [0.2, 0.25) is 0 Å². The van der Waals surface area contributed by atoms with Crippen LogP contribution in [0, 0.1) is 0 Å². The van der Waals surface area contributed by atoms with Crippen molar-refractivity contribution in [3.8, 4) is 0 Å². The summed E-state index contributed by atoms with van der Waals surface area (Å²) >= 11 is 0. The van der Waals surface area contributed by atoms with E-state index < -0.39 is 12.8 Å². The Balaban J connectivity index is 2.92. The number of anilines is 1. The van der Waals surface area contributed by atoms with Gasteiger partial charge in [0.05, 0.1) is 6.33 Å². The van der Waals surface area contributed by atoms with Gasteiger partial charge in [-0.1, -0.05) is 18.2 Å². The highest BCUT2D eigenvalue weighted by atomic mass is 19.4. The average Bonchev–Trinajstić information content (AvgIpc) is 2.18. The number of benzene rings is 1. The molecule has 1 rings (SSSR count). The van der Waals surface area contributed by atoms with Crippen molar-refractivity contribution in [1.82, 2.24) is 0 Å². The van der Waals surface area contributed by atoms with Crippen molar-refractivity contribution < 1.29 is 17.6 Å². The number of hydrogen-bond donors (Lipinski definition) is 0. The molecule has 0 spiro atoms. The maximum absolute atomic E-state index is 12.5. The lowest BCUT2D eigenvalue weighted by molar-refractivity contribution is -0.127. The van der Waals surface area contributed by atoms with E-state index in [4.69, 9.17) is 0 Å². The van der Waals surface area contributed by atoms with E-state index in [1.807, 2.05) is 0 Å². The fraction of sp³-hybridized carbons (Fsp3) is 0.200. The van der Waals surface area contributed by atoms with Crippen LogP contribution in [0.2, 0.25) is 0 Å². The quantitative estimate of drug-likeness (QED) is 0.555. The largest absolute Gasteiger partial charge is 0.485 e. The first-order chi connectivity index (χ1) is 7.05. The molecule has 0 aliphatic rings. The minimum atomic E-state index is -4.51. The molecule has 0 amide bonds. The van der Waals surface area contributed by atoms with E-state index in [0.29, 0.717) is 0 Å². The fourth-order valence-electron chi connectivity index (χ4n) is 1.11. The van der Waals surface area contributed by atoms with Crippen LogP contribution < -0.4 is 4.90 Å². The third-order valence-corrected chi connectivity index (χ3v) is 1.75. The topological polar surface area (TPSA) is 3.24 Å². The molecule has 0 saturated heterocycles. The SMILES string of the molecule is FC=CCN(c1ccccc1)C(F)(F)F. The van der Waals surface area contributed by atoms with Crippen LogP contribution in [0.15, 0.2) is 42.7 Å². The van der Waals surface area contributed by atoms with E-state index >= 15 is 0 Å². The third-order valence-electron chi connectivity index (χ3n) is 1.75. The first-order valence-electron chi connectivity index (χ1n) is 4.20. The van der Waals surface area contributed by atoms with Gasteiger partial charge in [-0.3, -0.25) is 4.90 Å². The number of hydrogen-bond acceptors (Lipinski definition) is 1. The Hall–Kier alpha value is -1.52. The summed E-state index contributed by atoms with van der Waals surface area (Å²) in [5, 5.41) is 0. The van der Waals surface area contributed by atoms with Crippen molar-refractivity contribution in [2.24, 2.45) is 0 Å². The lowest BCUT2D eigenvalue weighted by Gasteiger charge is -2.25. The summed E-state index contributed by atoms with van der Waals surface area (Å²) in [4.78, 5) is 0.156. The summed E-state index contributed by atoms with van der Waals surface area (Å²) in [6.45, 7) is -0.538. The molecule has 5 heteroatoms. The second-order valence-corrected chi connectivity index (χ2v) is 2.78. The van der Waals surface area contributed by atoms with Gasteiger partial charge in [-0.05, 0) is 18.2 Å². The second-order valence-electron chi connectivity index (χ2n) is 2.78. The molecule has 0 heterocycles. The molecule has 0 bridgehead atoms. The van der Waals surface area contributed by atoms with Crippen molar-refractivity contribution in [1.29, 1.82) is 0 Å². The van der Waals surface area contributed by atoms with Gasteiger partial charge >= 0.3 is 6.30 Å². The third kappa shape index (κ3) is 3.27. The van der Waals surface area contributed by atoms with E-state index in [0.717, 1.165) is 6.08 Å².